The van der Waals surface area contributed by atoms with Crippen LogP contribution < -0.4 is 0 Å². The monoisotopic (exact) mass is 1750 g/mol. The van der Waals surface area contributed by atoms with E-state index in [1.165, 1.54) is 185 Å². The molecule has 1 aliphatic heterocycles. The van der Waals surface area contributed by atoms with E-state index in [1.807, 2.05) is 39.3 Å². The van der Waals surface area contributed by atoms with Gasteiger partial charge in [-0.1, -0.05) is 0 Å². The fourth-order valence-corrected chi connectivity index (χ4v) is 70.9. The van der Waals surface area contributed by atoms with E-state index in [4.69, 9.17) is 174 Å². The second-order valence-corrected chi connectivity index (χ2v) is 72.7. The third-order valence-corrected chi connectivity index (χ3v) is 69.1. The molecule has 0 N–H and O–H groups in total. The number of hydrogen-bond acceptors (Lipinski definition) is 40. The summed E-state index contributed by atoms with van der Waals surface area (Å²) in [5, 5.41) is 0. The second-order valence-electron chi connectivity index (χ2n) is 23.0. The van der Waals surface area contributed by atoms with Gasteiger partial charge in [0, 0.05) is 222 Å². The summed E-state index contributed by atoms with van der Waals surface area (Å²) in [7, 11) is -31.8. The van der Waals surface area contributed by atoms with Crippen LogP contribution in [0.2, 0.25) is 88.1 Å². The minimum atomic E-state index is -4.75. The summed E-state index contributed by atoms with van der Waals surface area (Å²) in [6.45, 7) is 14.6. The molecule has 0 saturated carbocycles. The molecule has 0 amide bonds. The Morgan fingerprint density at radius 1 is 0.228 bits per heavy atom. The van der Waals surface area contributed by atoms with Crippen LogP contribution in [0.15, 0.2) is 0 Å². The molecule has 1 atom stereocenters. The third-order valence-electron chi connectivity index (χ3n) is 15.2. The summed E-state index contributed by atoms with van der Waals surface area (Å²) in [5.41, 5.74) is 0. The highest BCUT2D eigenvalue weighted by Crippen LogP contribution is 2.42. The van der Waals surface area contributed by atoms with E-state index >= 15 is 0 Å². The minimum Gasteiger partial charge on any atom is -0.417 e. The van der Waals surface area contributed by atoms with Gasteiger partial charge in [-0.05, 0) is 63.8 Å². The van der Waals surface area contributed by atoms with Crippen LogP contribution in [0.1, 0.15) is 6.42 Å². The van der Waals surface area contributed by atoms with Gasteiger partial charge in [0.25, 0.3) is 0 Å². The van der Waals surface area contributed by atoms with Crippen molar-refractivity contribution in [1.29, 1.82) is 0 Å². The van der Waals surface area contributed by atoms with Crippen molar-refractivity contribution < 1.29 is 174 Å². The van der Waals surface area contributed by atoms with Crippen LogP contribution in [0.5, 0.6) is 0 Å². The van der Waals surface area contributed by atoms with Gasteiger partial charge in [0.2, 0.25) is 0 Å². The van der Waals surface area contributed by atoms with E-state index < -0.39 is 141 Å². The van der Waals surface area contributed by atoms with Gasteiger partial charge in [0.15, 0.2) is 25.0 Å². The number of hydrogen-bond donors (Lipinski definition) is 0. The van der Waals surface area contributed by atoms with E-state index in [-0.39, 0.29) is 55.0 Å². The molecule has 0 bridgehead atoms. The molecule has 1 rings (SSSR count). The van der Waals surface area contributed by atoms with Crippen molar-refractivity contribution in [2.75, 3.05) is 205 Å². The highest BCUT2D eigenvalue weighted by atomic mass is 28.6. The van der Waals surface area contributed by atoms with Gasteiger partial charge in [-0.25, -0.2) is 0 Å². The molecule has 1 aliphatic rings. The zero-order valence-corrected chi connectivity index (χ0v) is 81.7. The van der Waals surface area contributed by atoms with Crippen LogP contribution in [-0.4, -0.2) is 352 Å². The Bertz CT molecular complexity index is 1950. The van der Waals surface area contributed by atoms with Crippen LogP contribution in [0.3, 0.4) is 0 Å². The molecule has 0 aromatic carbocycles. The molecule has 101 heavy (non-hydrogen) atoms. The Hall–Kier alpha value is 1.87. The van der Waals surface area contributed by atoms with Crippen LogP contribution >= 0.6 is 0 Å². The quantitative estimate of drug-likeness (QED) is 0.0479. The van der Waals surface area contributed by atoms with Crippen LogP contribution in [0.25, 0.3) is 0 Å². The first-order valence-corrected chi connectivity index (χ1v) is 63.6. The molecule has 40 nitrogen and oxygen atoms in total. The van der Waals surface area contributed by atoms with Crippen molar-refractivity contribution in [3.8, 4) is 0 Å². The number of ether oxygens (including phenoxy) is 2. The van der Waals surface area contributed by atoms with Crippen LogP contribution in [0, 0.1) is 0 Å². The maximum Gasteiger partial charge on any atom is 0.671 e. The van der Waals surface area contributed by atoms with Gasteiger partial charge in [-0.2, -0.15) is 0 Å². The van der Waals surface area contributed by atoms with E-state index in [2.05, 4.69) is 0 Å². The molecule has 606 valence electrons. The fraction of sp³-hybridized carbons (Fsp3) is 1.00. The lowest BCUT2D eigenvalue weighted by molar-refractivity contribution is -0.0282. The highest BCUT2D eigenvalue weighted by Gasteiger charge is 2.70. The summed E-state index contributed by atoms with van der Waals surface area (Å²) in [6, 6.07) is -0.0189. The normalized spacial score (nSPS) is 16.0. The Labute approximate surface area is 617 Å². The van der Waals surface area contributed by atoms with E-state index in [9.17, 15) is 0 Å². The molecule has 0 aromatic rings. The first-order valence-electron chi connectivity index (χ1n) is 31.2. The van der Waals surface area contributed by atoms with Gasteiger partial charge in [-0.3, -0.25) is 0 Å². The van der Waals surface area contributed by atoms with Gasteiger partial charge in [0.05, 0.1) is 13.2 Å². The van der Waals surface area contributed by atoms with Gasteiger partial charge < -0.3 is 174 Å². The zero-order valence-electron chi connectivity index (χ0n) is 65.7. The predicted molar refractivity (Wildman–Crippen MR) is 387 cm³/mol. The van der Waals surface area contributed by atoms with Gasteiger partial charge >= 0.3 is 116 Å². The van der Waals surface area contributed by atoms with Crippen molar-refractivity contribution in [2.24, 2.45) is 0 Å². The Balaban J connectivity index is 5.06. The largest absolute Gasteiger partial charge is 0.671 e. The molecule has 1 unspecified atom stereocenters. The first-order chi connectivity index (χ1) is 47.3. The molecular formula is C45H122O40Si16. The second kappa shape index (κ2) is 44.9. The molecule has 1 heterocycles. The molecule has 1 fully saturated rings. The molecule has 56 heteroatoms. The standard InChI is InChI=1S/C45H122O40Si16/c1-46-89(33,47-2)77-91(78-94(48-3,49-4)50-5,79-95(51-6,52-7)53-8)40-37-86(27,28)74-90(36-34-35-72-43-45-44-73-45,75-87(29,30)38-41-92(80-96(54-9,55-10)56-11,81-97(57-12,58-13)59-14)82-98(60-15,61-16)62-17)76-88(31,32)39-42-93(83-99(63-18,64-19)65-20,84-100(66-21,67-22)68-23)85-101(69-24,70-25)71-26/h45H,34-44H2,1-33H3. The smallest absolute Gasteiger partial charge is 0.417 e. The maximum absolute atomic E-state index is 7.97. The Morgan fingerprint density at radius 2 is 0.406 bits per heavy atom. The Morgan fingerprint density at radius 3 is 0.574 bits per heavy atom. The maximum atomic E-state index is 7.97. The summed E-state index contributed by atoms with van der Waals surface area (Å²) < 4.78 is 252. The molecule has 0 spiro atoms. The summed E-state index contributed by atoms with van der Waals surface area (Å²) >= 11 is 0. The van der Waals surface area contributed by atoms with Crippen molar-refractivity contribution in [1.82, 2.24) is 0 Å². The van der Waals surface area contributed by atoms with Crippen molar-refractivity contribution >= 4 is 141 Å². The highest BCUT2D eigenvalue weighted by molar-refractivity contribution is 6.93. The minimum absolute atomic E-state index is 0.0619. The van der Waals surface area contributed by atoms with Crippen molar-refractivity contribution in [3.05, 3.63) is 0 Å². The summed E-state index contributed by atoms with van der Waals surface area (Å²) in [4.78, 5) is 0. The number of rotatable bonds is 65. The molecular weight excluding hydrogens is 1630 g/mol. The van der Waals surface area contributed by atoms with E-state index in [0.717, 1.165) is 0 Å². The van der Waals surface area contributed by atoms with E-state index in [0.29, 0.717) is 19.6 Å². The Kier molecular flexibility index (Phi) is 44.9. The van der Waals surface area contributed by atoms with Gasteiger partial charge in [-0.15, -0.1) is 0 Å². The SMILES string of the molecule is CO[Si](C)(OC)O[Si](CC[Si](C)(C)O[Si](CCCOCC1CO1)(O[Si](C)(C)CC[Si](O[Si](OC)(OC)OC)(O[Si](OC)(OC)OC)O[Si](OC)(OC)OC)O[Si](C)(C)CC[Si](O[Si](OC)(OC)OC)(O[Si](OC)(OC)OC)O[Si](OC)(OC)OC)(O[Si](OC)(OC)OC)O[Si](OC)(OC)OC. The van der Waals surface area contributed by atoms with Crippen LogP contribution in [-0.2, 0) is 174 Å². The summed E-state index contributed by atoms with van der Waals surface area (Å²) in [5.74, 6) is 0. The summed E-state index contributed by atoms with van der Waals surface area (Å²) in [6.07, 6.45) is 0.259. The zero-order chi connectivity index (χ0) is 77.6. The number of epoxide rings is 1. The lowest BCUT2D eigenvalue weighted by Crippen LogP contribution is -2.70. The lowest BCUT2D eigenvalue weighted by Gasteiger charge is -2.47. The predicted octanol–water partition coefficient (Wildman–Crippen LogP) is 3.22. The van der Waals surface area contributed by atoms with Gasteiger partial charge in [0.1, 0.15) is 6.10 Å². The molecule has 1 saturated heterocycles. The first kappa shape index (κ1) is 101. The van der Waals surface area contributed by atoms with E-state index in [1.54, 1.807) is 6.55 Å². The molecule has 0 aliphatic carbocycles. The fourth-order valence-electron chi connectivity index (χ4n) is 9.38. The van der Waals surface area contributed by atoms with Crippen molar-refractivity contribution in [3.63, 3.8) is 0 Å². The average Bonchev–Trinajstić information content (AvgIpc) is 1.72. The third kappa shape index (κ3) is 29.7. The average molecular weight is 1750 g/mol. The molecule has 0 aromatic heterocycles. The molecule has 0 radical (unpaired) electrons. The lowest BCUT2D eigenvalue weighted by atomic mass is 10.5. The van der Waals surface area contributed by atoms with Crippen LogP contribution in [0.4, 0.5) is 0 Å². The van der Waals surface area contributed by atoms with Crippen molar-refractivity contribution in [2.45, 2.75) is 101 Å². The topological polar surface area (TPSA) is 373 Å².